The second-order valence-electron chi connectivity index (χ2n) is 4.19. The largest absolute Gasteiger partial charge is 0.481 e. The minimum absolute atomic E-state index is 0.0212. The highest BCUT2D eigenvalue weighted by Gasteiger charge is 2.05. The molecule has 19 heavy (non-hydrogen) atoms. The summed E-state index contributed by atoms with van der Waals surface area (Å²) >= 11 is 1.10. The van der Waals surface area contributed by atoms with Crippen LogP contribution < -0.4 is 5.56 Å². The number of hydrogen-bond donors (Lipinski definition) is 1. The molecule has 0 spiro atoms. The van der Waals surface area contributed by atoms with Crippen molar-refractivity contribution in [3.05, 3.63) is 34.2 Å². The Balaban J connectivity index is 2.32. The summed E-state index contributed by atoms with van der Waals surface area (Å²) in [6.45, 7) is 2.37. The number of hydrogen-bond acceptors (Lipinski definition) is 4. The molecule has 0 aliphatic heterocycles. The van der Waals surface area contributed by atoms with Gasteiger partial charge in [0.05, 0.1) is 11.5 Å². The van der Waals surface area contributed by atoms with Gasteiger partial charge in [-0.05, 0) is 19.4 Å². The van der Waals surface area contributed by atoms with E-state index < -0.39 is 5.97 Å². The average molecular weight is 283 g/mol. The van der Waals surface area contributed by atoms with Gasteiger partial charge in [-0.1, -0.05) is 6.07 Å². The Labute approximate surface area is 115 Å². The van der Waals surface area contributed by atoms with Gasteiger partial charge in [-0.25, -0.2) is 0 Å². The van der Waals surface area contributed by atoms with Crippen molar-refractivity contribution in [2.24, 2.45) is 0 Å². The van der Waals surface area contributed by atoms with Crippen molar-refractivity contribution in [3.63, 3.8) is 0 Å². The highest BCUT2D eigenvalue weighted by molar-refractivity contribution is 8.00. The van der Waals surface area contributed by atoms with Crippen LogP contribution >= 0.6 is 11.8 Å². The van der Waals surface area contributed by atoms with Crippen molar-refractivity contribution in [2.75, 3.05) is 11.5 Å². The van der Waals surface area contributed by atoms with Crippen LogP contribution in [0.4, 0.5) is 0 Å². The standard InChI is InChI=1S/C13H17NO4S/c1-10-4-2-6-12(16)14(10)7-3-5-11(15)8-19-9-13(17)18/h2,4,6H,3,5,7-9H2,1H3,(H,17,18). The third-order valence-electron chi connectivity index (χ3n) is 2.59. The van der Waals surface area contributed by atoms with Gasteiger partial charge in [0.25, 0.3) is 5.56 Å². The van der Waals surface area contributed by atoms with E-state index in [2.05, 4.69) is 0 Å². The molecule has 0 aromatic carbocycles. The number of nitrogens with zero attached hydrogens (tertiary/aromatic N) is 1. The van der Waals surface area contributed by atoms with Crippen molar-refractivity contribution in [1.29, 1.82) is 0 Å². The molecule has 0 amide bonds. The van der Waals surface area contributed by atoms with Crippen LogP contribution in [-0.4, -0.2) is 32.9 Å². The first-order chi connectivity index (χ1) is 9.00. The van der Waals surface area contributed by atoms with Gasteiger partial charge < -0.3 is 9.67 Å². The summed E-state index contributed by atoms with van der Waals surface area (Å²) in [6.07, 6.45) is 0.963. The lowest BCUT2D eigenvalue weighted by Gasteiger charge is -2.08. The van der Waals surface area contributed by atoms with Gasteiger partial charge in [0.2, 0.25) is 0 Å². The molecule has 0 aliphatic rings. The van der Waals surface area contributed by atoms with Crippen LogP contribution in [0.1, 0.15) is 18.5 Å². The van der Waals surface area contributed by atoms with E-state index in [0.29, 0.717) is 19.4 Å². The second-order valence-corrected chi connectivity index (χ2v) is 5.17. The van der Waals surface area contributed by atoms with Gasteiger partial charge in [-0.2, -0.15) is 0 Å². The smallest absolute Gasteiger partial charge is 0.313 e. The summed E-state index contributed by atoms with van der Waals surface area (Å²) in [5.74, 6) is -0.727. The Kier molecular flexibility index (Phi) is 6.35. The quantitative estimate of drug-likeness (QED) is 0.778. The number of aryl methyl sites for hydroxylation is 1. The van der Waals surface area contributed by atoms with Crippen molar-refractivity contribution >= 4 is 23.5 Å². The molecule has 1 aromatic rings. The molecule has 0 radical (unpaired) electrons. The maximum absolute atomic E-state index is 11.6. The molecule has 0 fully saturated rings. The molecule has 0 saturated heterocycles. The number of carbonyl (C=O) groups excluding carboxylic acids is 1. The molecule has 1 rings (SSSR count). The number of carboxylic acids is 1. The third-order valence-corrected chi connectivity index (χ3v) is 3.57. The van der Waals surface area contributed by atoms with Crippen molar-refractivity contribution in [2.45, 2.75) is 26.3 Å². The number of carboxylic acid groups (broad SMARTS) is 1. The molecular formula is C13H17NO4S. The maximum Gasteiger partial charge on any atom is 0.313 e. The number of carbonyl (C=O) groups is 2. The van der Waals surface area contributed by atoms with Crippen LogP contribution in [0.2, 0.25) is 0 Å². The number of Topliss-reactive ketones (excluding diaryl/α,β-unsaturated/α-hetero) is 1. The Morgan fingerprint density at radius 1 is 1.32 bits per heavy atom. The number of pyridine rings is 1. The Morgan fingerprint density at radius 3 is 2.68 bits per heavy atom. The first-order valence-electron chi connectivity index (χ1n) is 5.98. The van der Waals surface area contributed by atoms with Crippen molar-refractivity contribution < 1.29 is 14.7 Å². The Hall–Kier alpha value is -1.56. The average Bonchev–Trinajstić information content (AvgIpc) is 2.32. The Morgan fingerprint density at radius 2 is 2.05 bits per heavy atom. The third kappa shape index (κ3) is 5.74. The summed E-state index contributed by atoms with van der Waals surface area (Å²) in [5.41, 5.74) is 0.813. The minimum Gasteiger partial charge on any atom is -0.481 e. The molecule has 0 atom stereocenters. The van der Waals surface area contributed by atoms with E-state index in [9.17, 15) is 14.4 Å². The van der Waals surface area contributed by atoms with E-state index in [1.807, 2.05) is 13.0 Å². The fourth-order valence-corrected chi connectivity index (χ4v) is 2.32. The molecule has 6 heteroatoms. The van der Waals surface area contributed by atoms with E-state index in [0.717, 1.165) is 17.5 Å². The molecule has 0 saturated carbocycles. The summed E-state index contributed by atoms with van der Waals surface area (Å²) in [6, 6.07) is 5.06. The molecular weight excluding hydrogens is 266 g/mol. The highest BCUT2D eigenvalue weighted by Crippen LogP contribution is 2.04. The molecule has 1 heterocycles. The topological polar surface area (TPSA) is 76.4 Å². The molecule has 0 aliphatic carbocycles. The minimum atomic E-state index is -0.913. The van der Waals surface area contributed by atoms with Gasteiger partial charge in [-0.3, -0.25) is 14.4 Å². The van der Waals surface area contributed by atoms with E-state index >= 15 is 0 Å². The summed E-state index contributed by atoms with van der Waals surface area (Å²) in [7, 11) is 0. The summed E-state index contributed by atoms with van der Waals surface area (Å²) in [5, 5.41) is 8.44. The van der Waals surface area contributed by atoms with E-state index in [1.54, 1.807) is 10.6 Å². The van der Waals surface area contributed by atoms with Gasteiger partial charge >= 0.3 is 5.97 Å². The molecule has 0 unspecified atom stereocenters. The fraction of sp³-hybridized carbons (Fsp3) is 0.462. The van der Waals surface area contributed by atoms with Gasteiger partial charge in [0, 0.05) is 24.7 Å². The number of rotatable bonds is 8. The molecule has 1 aromatic heterocycles. The zero-order valence-electron chi connectivity index (χ0n) is 10.8. The first-order valence-corrected chi connectivity index (χ1v) is 7.14. The lowest BCUT2D eigenvalue weighted by Crippen LogP contribution is -2.21. The van der Waals surface area contributed by atoms with E-state index in [-0.39, 0.29) is 22.8 Å². The van der Waals surface area contributed by atoms with Crippen LogP contribution in [0.15, 0.2) is 23.0 Å². The van der Waals surface area contributed by atoms with Crippen LogP contribution in [0.5, 0.6) is 0 Å². The molecule has 5 nitrogen and oxygen atoms in total. The van der Waals surface area contributed by atoms with Gasteiger partial charge in [0.15, 0.2) is 0 Å². The maximum atomic E-state index is 11.6. The summed E-state index contributed by atoms with van der Waals surface area (Å²) < 4.78 is 1.64. The highest BCUT2D eigenvalue weighted by atomic mass is 32.2. The Bertz CT molecular complexity index is 510. The van der Waals surface area contributed by atoms with Crippen LogP contribution in [-0.2, 0) is 16.1 Å². The van der Waals surface area contributed by atoms with Crippen molar-refractivity contribution in [3.8, 4) is 0 Å². The summed E-state index contributed by atoms with van der Waals surface area (Å²) in [4.78, 5) is 33.3. The second kappa shape index (κ2) is 7.78. The van der Waals surface area contributed by atoms with Crippen LogP contribution in [0.3, 0.4) is 0 Å². The zero-order valence-corrected chi connectivity index (χ0v) is 11.6. The van der Waals surface area contributed by atoms with Crippen LogP contribution in [0.25, 0.3) is 0 Å². The van der Waals surface area contributed by atoms with Crippen molar-refractivity contribution in [1.82, 2.24) is 4.57 Å². The predicted molar refractivity (Wildman–Crippen MR) is 74.6 cm³/mol. The lowest BCUT2D eigenvalue weighted by atomic mass is 10.2. The predicted octanol–water partition coefficient (Wildman–Crippen LogP) is 1.32. The molecule has 104 valence electrons. The fourth-order valence-electron chi connectivity index (χ4n) is 1.67. The lowest BCUT2D eigenvalue weighted by molar-refractivity contribution is -0.133. The van der Waals surface area contributed by atoms with E-state index in [4.69, 9.17) is 5.11 Å². The number of aliphatic carboxylic acids is 1. The van der Waals surface area contributed by atoms with E-state index in [1.165, 1.54) is 6.07 Å². The SMILES string of the molecule is Cc1cccc(=O)n1CCCC(=O)CSCC(=O)O. The number of thioether (sulfide) groups is 1. The number of aromatic nitrogens is 1. The zero-order chi connectivity index (χ0) is 14.3. The molecule has 1 N–H and O–H groups in total. The van der Waals surface area contributed by atoms with Gasteiger partial charge in [-0.15, -0.1) is 11.8 Å². The van der Waals surface area contributed by atoms with Gasteiger partial charge in [0.1, 0.15) is 5.78 Å². The first kappa shape index (κ1) is 15.5. The normalized spacial score (nSPS) is 10.4. The number of ketones is 1. The molecule has 0 bridgehead atoms. The van der Waals surface area contributed by atoms with Crippen LogP contribution in [0, 0.1) is 6.92 Å². The monoisotopic (exact) mass is 283 g/mol.